The summed E-state index contributed by atoms with van der Waals surface area (Å²) in [5.74, 6) is -1.05. The van der Waals surface area contributed by atoms with Crippen molar-refractivity contribution in [3.05, 3.63) is 24.1 Å². The van der Waals surface area contributed by atoms with Gasteiger partial charge in [-0.05, 0) is 6.07 Å². The van der Waals surface area contributed by atoms with Gasteiger partial charge in [-0.25, -0.2) is 4.79 Å². The van der Waals surface area contributed by atoms with Crippen molar-refractivity contribution in [2.24, 2.45) is 7.05 Å². The first kappa shape index (κ1) is 6.97. The highest BCUT2D eigenvalue weighted by molar-refractivity contribution is 5.90. The molecule has 0 unspecified atom stereocenters. The fraction of sp³-hybridized carbons (Fsp3) is 0.125. The number of furan rings is 1. The molecule has 2 heterocycles. The van der Waals surface area contributed by atoms with Crippen LogP contribution in [0.25, 0.3) is 11.1 Å². The molecule has 0 spiro atoms. The number of fused-ring (bicyclic) bond motifs is 1. The Morgan fingerprint density at radius 2 is 2.42 bits per heavy atom. The molecule has 0 aliphatic heterocycles. The second-order valence-corrected chi connectivity index (χ2v) is 2.60. The van der Waals surface area contributed by atoms with Crippen LogP contribution >= 0.6 is 0 Å². The third-order valence-electron chi connectivity index (χ3n) is 1.75. The van der Waals surface area contributed by atoms with E-state index in [9.17, 15) is 4.79 Å². The average Bonchev–Trinajstić information content (AvgIpc) is 2.53. The minimum Gasteiger partial charge on any atom is -0.475 e. The normalized spacial score (nSPS) is 10.8. The van der Waals surface area contributed by atoms with Gasteiger partial charge >= 0.3 is 5.97 Å². The Kier molecular flexibility index (Phi) is 1.24. The molecular weight excluding hydrogens is 158 g/mol. The van der Waals surface area contributed by atoms with E-state index in [-0.39, 0.29) is 5.76 Å². The van der Waals surface area contributed by atoms with Gasteiger partial charge in [0.25, 0.3) is 0 Å². The molecule has 0 fully saturated rings. The molecule has 0 radical (unpaired) electrons. The van der Waals surface area contributed by atoms with E-state index in [0.717, 1.165) is 5.39 Å². The lowest BCUT2D eigenvalue weighted by molar-refractivity contribution is 0.0664. The molecule has 0 saturated heterocycles. The van der Waals surface area contributed by atoms with Crippen molar-refractivity contribution in [3.8, 4) is 0 Å². The minimum atomic E-state index is -1.04. The molecular formula is C8H7NO3. The molecule has 4 nitrogen and oxygen atoms in total. The summed E-state index contributed by atoms with van der Waals surface area (Å²) < 4.78 is 6.80. The number of carboxylic acid groups (broad SMARTS) is 1. The Morgan fingerprint density at radius 3 is 3.00 bits per heavy atom. The van der Waals surface area contributed by atoms with E-state index in [1.807, 2.05) is 12.3 Å². The summed E-state index contributed by atoms with van der Waals surface area (Å²) in [6, 6.07) is 3.32. The fourth-order valence-corrected chi connectivity index (χ4v) is 1.16. The first-order chi connectivity index (χ1) is 5.68. The van der Waals surface area contributed by atoms with E-state index in [1.54, 1.807) is 11.6 Å². The van der Waals surface area contributed by atoms with Gasteiger partial charge in [-0.2, -0.15) is 0 Å². The maximum absolute atomic E-state index is 10.5. The van der Waals surface area contributed by atoms with Gasteiger partial charge in [-0.15, -0.1) is 0 Å². The largest absolute Gasteiger partial charge is 0.475 e. The molecule has 2 rings (SSSR count). The number of aromatic carboxylic acids is 1. The average molecular weight is 165 g/mol. The number of carbonyl (C=O) groups is 1. The van der Waals surface area contributed by atoms with Crippen molar-refractivity contribution in [1.82, 2.24) is 4.57 Å². The van der Waals surface area contributed by atoms with Gasteiger partial charge in [0.1, 0.15) is 0 Å². The standard InChI is InChI=1S/C8H7NO3/c1-9-3-2-5-4-6(8(10)11)12-7(5)9/h2-4H,1H3,(H,10,11). The third kappa shape index (κ3) is 0.812. The second-order valence-electron chi connectivity index (χ2n) is 2.60. The van der Waals surface area contributed by atoms with E-state index in [2.05, 4.69) is 0 Å². The maximum atomic E-state index is 10.5. The molecule has 62 valence electrons. The van der Waals surface area contributed by atoms with Crippen molar-refractivity contribution >= 4 is 17.1 Å². The second kappa shape index (κ2) is 2.14. The summed E-state index contributed by atoms with van der Waals surface area (Å²) in [5, 5.41) is 9.41. The van der Waals surface area contributed by atoms with Crippen LogP contribution in [0.5, 0.6) is 0 Å². The van der Waals surface area contributed by atoms with Gasteiger partial charge < -0.3 is 14.1 Å². The Balaban J connectivity index is 2.70. The zero-order valence-corrected chi connectivity index (χ0v) is 6.44. The van der Waals surface area contributed by atoms with Crippen LogP contribution in [-0.4, -0.2) is 15.6 Å². The summed E-state index contributed by atoms with van der Waals surface area (Å²) in [7, 11) is 1.80. The predicted octanol–water partition coefficient (Wildman–Crippen LogP) is 1.47. The topological polar surface area (TPSA) is 55.4 Å². The lowest BCUT2D eigenvalue weighted by Gasteiger charge is -1.88. The van der Waals surface area contributed by atoms with Crippen LogP contribution < -0.4 is 0 Å². The van der Waals surface area contributed by atoms with Gasteiger partial charge in [-0.1, -0.05) is 0 Å². The van der Waals surface area contributed by atoms with Crippen molar-refractivity contribution < 1.29 is 14.3 Å². The van der Waals surface area contributed by atoms with Gasteiger partial charge in [0.15, 0.2) is 0 Å². The molecule has 0 amide bonds. The monoisotopic (exact) mass is 165 g/mol. The zero-order chi connectivity index (χ0) is 8.72. The van der Waals surface area contributed by atoms with E-state index in [4.69, 9.17) is 9.52 Å². The smallest absolute Gasteiger partial charge is 0.371 e. The molecule has 4 heteroatoms. The predicted molar refractivity (Wildman–Crippen MR) is 42.1 cm³/mol. The van der Waals surface area contributed by atoms with Crippen molar-refractivity contribution in [3.63, 3.8) is 0 Å². The molecule has 0 atom stereocenters. The van der Waals surface area contributed by atoms with Crippen molar-refractivity contribution in [2.75, 3.05) is 0 Å². The Bertz CT molecular complexity index is 438. The number of hydrogen-bond acceptors (Lipinski definition) is 2. The fourth-order valence-electron chi connectivity index (χ4n) is 1.16. The highest BCUT2D eigenvalue weighted by atomic mass is 16.4. The highest BCUT2D eigenvalue weighted by Crippen LogP contribution is 2.19. The summed E-state index contributed by atoms with van der Waals surface area (Å²) in [4.78, 5) is 10.5. The van der Waals surface area contributed by atoms with Gasteiger partial charge in [0.2, 0.25) is 11.5 Å². The van der Waals surface area contributed by atoms with E-state index in [0.29, 0.717) is 5.71 Å². The van der Waals surface area contributed by atoms with Crippen LogP contribution in [0.2, 0.25) is 0 Å². The van der Waals surface area contributed by atoms with Crippen LogP contribution in [0.1, 0.15) is 10.6 Å². The quantitative estimate of drug-likeness (QED) is 0.696. The number of rotatable bonds is 1. The summed E-state index contributed by atoms with van der Waals surface area (Å²) >= 11 is 0. The summed E-state index contributed by atoms with van der Waals surface area (Å²) in [6.07, 6.45) is 1.82. The molecule has 1 N–H and O–H groups in total. The molecule has 0 aliphatic carbocycles. The number of aryl methyl sites for hydroxylation is 1. The molecule has 2 aromatic rings. The molecule has 0 aromatic carbocycles. The van der Waals surface area contributed by atoms with Crippen LogP contribution in [0, 0.1) is 0 Å². The zero-order valence-electron chi connectivity index (χ0n) is 6.44. The Hall–Kier alpha value is -1.71. The molecule has 0 saturated carbocycles. The van der Waals surface area contributed by atoms with Gasteiger partial charge in [-0.3, -0.25) is 0 Å². The summed E-state index contributed by atoms with van der Waals surface area (Å²) in [6.45, 7) is 0. The lowest BCUT2D eigenvalue weighted by atomic mass is 10.4. The number of aromatic nitrogens is 1. The molecule has 0 aliphatic rings. The van der Waals surface area contributed by atoms with E-state index in [1.165, 1.54) is 6.07 Å². The SMILES string of the molecule is Cn1ccc2cc(C(=O)O)oc21. The van der Waals surface area contributed by atoms with Crippen LogP contribution in [0.3, 0.4) is 0 Å². The van der Waals surface area contributed by atoms with E-state index < -0.39 is 5.97 Å². The molecule has 12 heavy (non-hydrogen) atoms. The first-order valence-corrected chi connectivity index (χ1v) is 3.46. The molecule has 0 bridgehead atoms. The first-order valence-electron chi connectivity index (χ1n) is 3.46. The minimum absolute atomic E-state index is 0.0174. The van der Waals surface area contributed by atoms with Gasteiger partial charge in [0.05, 0.1) is 0 Å². The van der Waals surface area contributed by atoms with Crippen LogP contribution in [-0.2, 0) is 7.05 Å². The van der Waals surface area contributed by atoms with Gasteiger partial charge in [0, 0.05) is 24.7 Å². The van der Waals surface area contributed by atoms with Crippen LogP contribution in [0.4, 0.5) is 0 Å². The van der Waals surface area contributed by atoms with E-state index >= 15 is 0 Å². The third-order valence-corrected chi connectivity index (χ3v) is 1.75. The molecule has 2 aromatic heterocycles. The Labute approximate surface area is 68.0 Å². The Morgan fingerprint density at radius 1 is 1.67 bits per heavy atom. The lowest BCUT2D eigenvalue weighted by Crippen LogP contribution is -1.92. The van der Waals surface area contributed by atoms with Crippen molar-refractivity contribution in [1.29, 1.82) is 0 Å². The van der Waals surface area contributed by atoms with Crippen LogP contribution in [0.15, 0.2) is 22.7 Å². The number of nitrogens with zero attached hydrogens (tertiary/aromatic N) is 1. The maximum Gasteiger partial charge on any atom is 0.371 e. The van der Waals surface area contributed by atoms with Crippen molar-refractivity contribution in [2.45, 2.75) is 0 Å². The summed E-state index contributed by atoms with van der Waals surface area (Å²) in [5.41, 5.74) is 0.590. The highest BCUT2D eigenvalue weighted by Gasteiger charge is 2.11. The number of hydrogen-bond donors (Lipinski definition) is 1. The number of carboxylic acids is 1.